The van der Waals surface area contributed by atoms with E-state index >= 15 is 0 Å². The molecule has 0 aliphatic carbocycles. The average molecular weight is 360 g/mol. The van der Waals surface area contributed by atoms with Gasteiger partial charge in [-0.15, -0.1) is 0 Å². The number of nitrogens with one attached hydrogen (secondary N) is 2. The number of piperazine rings is 1. The summed E-state index contributed by atoms with van der Waals surface area (Å²) in [6.45, 7) is 4.46. The largest absolute Gasteiger partial charge is 0.353 e. The van der Waals surface area contributed by atoms with Crippen molar-refractivity contribution < 1.29 is 4.79 Å². The predicted octanol–water partition coefficient (Wildman–Crippen LogP) is 1.76. The minimum absolute atomic E-state index is 0.0630. The van der Waals surface area contributed by atoms with Crippen LogP contribution >= 0.6 is 11.6 Å². The minimum Gasteiger partial charge on any atom is -0.353 e. The number of hydrogen-bond donors (Lipinski definition) is 2. The van der Waals surface area contributed by atoms with Crippen molar-refractivity contribution in [1.29, 1.82) is 5.41 Å². The molecule has 3 heterocycles. The molecule has 1 aliphatic heterocycles. The number of carbonyl (C=O) groups excluding carboxylic acids is 1. The van der Waals surface area contributed by atoms with Crippen molar-refractivity contribution in [3.63, 3.8) is 0 Å². The van der Waals surface area contributed by atoms with Crippen molar-refractivity contribution in [2.75, 3.05) is 31.1 Å². The van der Waals surface area contributed by atoms with Crippen LogP contribution in [0.4, 0.5) is 5.82 Å². The number of carbonyl (C=O) groups is 1. The molecule has 0 saturated carbocycles. The maximum absolute atomic E-state index is 11.4. The first-order valence-corrected chi connectivity index (χ1v) is 8.21. The van der Waals surface area contributed by atoms with Crippen LogP contribution in [0.15, 0.2) is 24.7 Å². The first kappa shape index (κ1) is 17.1. The highest BCUT2D eigenvalue weighted by Gasteiger charge is 2.20. The number of aromatic amines is 1. The summed E-state index contributed by atoms with van der Waals surface area (Å²) in [6, 6.07) is 1.90. The van der Waals surface area contributed by atoms with Crippen LogP contribution < -0.4 is 4.90 Å². The molecule has 0 atom stereocenters. The second-order valence-electron chi connectivity index (χ2n) is 5.62. The Labute approximate surface area is 150 Å². The summed E-state index contributed by atoms with van der Waals surface area (Å²) in [5.74, 6) is 1.52. The quantitative estimate of drug-likeness (QED) is 0.810. The summed E-state index contributed by atoms with van der Waals surface area (Å²) in [6.07, 6.45) is 6.27. The molecule has 1 fully saturated rings. The van der Waals surface area contributed by atoms with E-state index in [2.05, 4.69) is 24.8 Å². The molecular formula is C16H18ClN7O. The Bertz CT molecular complexity index is 808. The zero-order valence-corrected chi connectivity index (χ0v) is 14.5. The molecule has 9 heteroatoms. The highest BCUT2D eigenvalue weighted by Crippen LogP contribution is 2.20. The molecule has 1 aliphatic rings. The van der Waals surface area contributed by atoms with Crippen molar-refractivity contribution in [3.8, 4) is 11.4 Å². The SMILES string of the molecule is CC(=O)N1CCN(c2cc(-c3cnc(/C=C\C(=N)Cl)[nH]3)ncn2)CC1. The number of rotatable bonds is 4. The van der Waals surface area contributed by atoms with Gasteiger partial charge in [0.05, 0.1) is 17.6 Å². The summed E-state index contributed by atoms with van der Waals surface area (Å²) in [5.41, 5.74) is 1.49. The Hall–Kier alpha value is -2.74. The lowest BCUT2D eigenvalue weighted by Gasteiger charge is -2.34. The molecule has 25 heavy (non-hydrogen) atoms. The summed E-state index contributed by atoms with van der Waals surface area (Å²) < 4.78 is 0. The lowest BCUT2D eigenvalue weighted by Crippen LogP contribution is -2.48. The van der Waals surface area contributed by atoms with E-state index in [4.69, 9.17) is 17.0 Å². The maximum atomic E-state index is 11.4. The standard InChI is InChI=1S/C16H18ClN7O/c1-11(25)23-4-6-24(7-5-23)16-8-12(20-10-21-16)13-9-19-15(22-13)3-2-14(17)18/h2-3,8-10,18H,4-7H2,1H3,(H,19,22)/b3-2-,18-14?. The molecule has 1 saturated heterocycles. The number of hydrogen-bond acceptors (Lipinski definition) is 6. The molecular weight excluding hydrogens is 342 g/mol. The summed E-state index contributed by atoms with van der Waals surface area (Å²) in [4.78, 5) is 31.4. The van der Waals surface area contributed by atoms with Crippen molar-refractivity contribution in [2.45, 2.75) is 6.92 Å². The van der Waals surface area contributed by atoms with E-state index in [1.54, 1.807) is 19.2 Å². The zero-order chi connectivity index (χ0) is 17.8. The van der Waals surface area contributed by atoms with Crippen LogP contribution in [0.3, 0.4) is 0 Å². The molecule has 0 bridgehead atoms. The summed E-state index contributed by atoms with van der Waals surface area (Å²) in [5, 5.41) is 7.12. The molecule has 2 aromatic heterocycles. The van der Waals surface area contributed by atoms with Gasteiger partial charge in [0, 0.05) is 39.2 Å². The van der Waals surface area contributed by atoms with Gasteiger partial charge in [-0.1, -0.05) is 11.6 Å². The van der Waals surface area contributed by atoms with Gasteiger partial charge in [0.15, 0.2) is 0 Å². The Morgan fingerprint density at radius 3 is 2.72 bits per heavy atom. The molecule has 8 nitrogen and oxygen atoms in total. The van der Waals surface area contributed by atoms with Crippen molar-refractivity contribution in [1.82, 2.24) is 24.8 Å². The lowest BCUT2D eigenvalue weighted by molar-refractivity contribution is -0.129. The average Bonchev–Trinajstić information content (AvgIpc) is 3.09. The normalized spacial score (nSPS) is 15.0. The number of anilines is 1. The second kappa shape index (κ2) is 7.43. The fraction of sp³-hybridized carbons (Fsp3) is 0.312. The van der Waals surface area contributed by atoms with Crippen molar-refractivity contribution >= 4 is 34.6 Å². The fourth-order valence-electron chi connectivity index (χ4n) is 2.62. The number of aromatic nitrogens is 4. The van der Waals surface area contributed by atoms with Gasteiger partial charge < -0.3 is 14.8 Å². The number of halogens is 1. The van der Waals surface area contributed by atoms with Crippen LogP contribution in [-0.4, -0.2) is 62.1 Å². The van der Waals surface area contributed by atoms with E-state index in [1.165, 1.54) is 12.4 Å². The smallest absolute Gasteiger partial charge is 0.219 e. The van der Waals surface area contributed by atoms with E-state index < -0.39 is 0 Å². The Balaban J connectivity index is 1.74. The number of allylic oxidation sites excluding steroid dienone is 1. The molecule has 2 N–H and O–H groups in total. The van der Waals surface area contributed by atoms with Gasteiger partial charge in [0.1, 0.15) is 23.1 Å². The third-order valence-corrected chi connectivity index (χ3v) is 4.09. The first-order chi connectivity index (χ1) is 12.0. The van der Waals surface area contributed by atoms with E-state index in [9.17, 15) is 4.79 Å². The van der Waals surface area contributed by atoms with E-state index in [-0.39, 0.29) is 11.1 Å². The van der Waals surface area contributed by atoms with Gasteiger partial charge in [-0.25, -0.2) is 15.0 Å². The summed E-state index contributed by atoms with van der Waals surface area (Å²) >= 11 is 5.49. The van der Waals surface area contributed by atoms with E-state index in [0.29, 0.717) is 18.9 Å². The third kappa shape index (κ3) is 4.21. The fourth-order valence-corrected chi connectivity index (χ4v) is 2.68. The molecule has 0 radical (unpaired) electrons. The number of amides is 1. The number of H-pyrrole nitrogens is 1. The molecule has 130 valence electrons. The van der Waals surface area contributed by atoms with Gasteiger partial charge in [-0.05, 0) is 12.2 Å². The van der Waals surface area contributed by atoms with Crippen molar-refractivity contribution in [3.05, 3.63) is 30.5 Å². The molecule has 0 unspecified atom stereocenters. The van der Waals surface area contributed by atoms with E-state index in [1.807, 2.05) is 11.0 Å². The highest BCUT2D eigenvalue weighted by molar-refractivity contribution is 6.67. The lowest BCUT2D eigenvalue weighted by atomic mass is 10.2. The van der Waals surface area contributed by atoms with Crippen LogP contribution in [0, 0.1) is 5.41 Å². The monoisotopic (exact) mass is 359 g/mol. The predicted molar refractivity (Wildman–Crippen MR) is 96.7 cm³/mol. The summed E-state index contributed by atoms with van der Waals surface area (Å²) in [7, 11) is 0. The number of imidazole rings is 1. The van der Waals surface area contributed by atoms with E-state index in [0.717, 1.165) is 30.3 Å². The van der Waals surface area contributed by atoms with Gasteiger partial charge in [-0.3, -0.25) is 10.2 Å². The third-order valence-electron chi connectivity index (χ3n) is 3.96. The zero-order valence-electron chi connectivity index (χ0n) is 13.7. The van der Waals surface area contributed by atoms with Crippen LogP contribution in [-0.2, 0) is 4.79 Å². The maximum Gasteiger partial charge on any atom is 0.219 e. The molecule has 2 aromatic rings. The van der Waals surface area contributed by atoms with Crippen LogP contribution in [0.5, 0.6) is 0 Å². The highest BCUT2D eigenvalue weighted by atomic mass is 35.5. The molecule has 3 rings (SSSR count). The Morgan fingerprint density at radius 2 is 2.04 bits per heavy atom. The van der Waals surface area contributed by atoms with Crippen molar-refractivity contribution in [2.24, 2.45) is 0 Å². The Kier molecular flexibility index (Phi) is 5.08. The van der Waals surface area contributed by atoms with Gasteiger partial charge in [0.25, 0.3) is 0 Å². The van der Waals surface area contributed by atoms with Gasteiger partial charge in [0.2, 0.25) is 5.91 Å². The Morgan fingerprint density at radius 1 is 1.28 bits per heavy atom. The minimum atomic E-state index is -0.0630. The van der Waals surface area contributed by atoms with Gasteiger partial charge in [-0.2, -0.15) is 0 Å². The van der Waals surface area contributed by atoms with Crippen LogP contribution in [0.2, 0.25) is 0 Å². The number of nitrogens with zero attached hydrogens (tertiary/aromatic N) is 5. The van der Waals surface area contributed by atoms with Crippen LogP contribution in [0.1, 0.15) is 12.7 Å². The van der Waals surface area contributed by atoms with Gasteiger partial charge >= 0.3 is 0 Å². The molecule has 0 spiro atoms. The topological polar surface area (TPSA) is 102 Å². The second-order valence-corrected chi connectivity index (χ2v) is 6.03. The van der Waals surface area contributed by atoms with Crippen LogP contribution in [0.25, 0.3) is 17.5 Å². The molecule has 0 aromatic carbocycles. The first-order valence-electron chi connectivity index (χ1n) is 7.83. The molecule has 1 amide bonds.